The van der Waals surface area contributed by atoms with Gasteiger partial charge in [-0.15, -0.1) is 0 Å². The third kappa shape index (κ3) is 5.84. The molecule has 0 aromatic heterocycles. The van der Waals surface area contributed by atoms with E-state index in [1.165, 1.54) is 11.1 Å². The average Bonchev–Trinajstić information content (AvgIpc) is 2.65. The minimum absolute atomic E-state index is 0.289. The number of halogens is 2. The van der Waals surface area contributed by atoms with Crippen molar-refractivity contribution >= 4 is 33.5 Å². The van der Waals surface area contributed by atoms with Gasteiger partial charge in [-0.3, -0.25) is 0 Å². The highest BCUT2D eigenvalue weighted by atomic mass is 79.9. The molecule has 3 aromatic rings. The topological polar surface area (TPSA) is 46.5 Å². The zero-order valence-corrected chi connectivity index (χ0v) is 18.7. The van der Waals surface area contributed by atoms with Crippen molar-refractivity contribution in [2.24, 2.45) is 0 Å². The molecule has 5 heteroatoms. The average molecular weight is 474 g/mol. The number of aryl methyl sites for hydroxylation is 4. The fourth-order valence-corrected chi connectivity index (χ4v) is 4.35. The first kappa shape index (κ1) is 21.4. The zero-order chi connectivity index (χ0) is 21.0. The Bertz CT molecular complexity index is 1010. The van der Waals surface area contributed by atoms with Crippen LogP contribution in [0.2, 0.25) is 5.02 Å². The minimum Gasteiger partial charge on any atom is -0.487 e. The van der Waals surface area contributed by atoms with Gasteiger partial charge >= 0.3 is 5.97 Å². The Morgan fingerprint density at radius 3 is 2.24 bits per heavy atom. The van der Waals surface area contributed by atoms with Crippen LogP contribution < -0.4 is 4.74 Å². The molecule has 0 bridgehead atoms. The van der Waals surface area contributed by atoms with E-state index in [9.17, 15) is 4.79 Å². The summed E-state index contributed by atoms with van der Waals surface area (Å²) in [7, 11) is 0. The van der Waals surface area contributed by atoms with Crippen LogP contribution in [0.15, 0.2) is 59.1 Å². The molecule has 0 aliphatic carbocycles. The fraction of sp³-hybridized carbons (Fsp3) is 0.208. The van der Waals surface area contributed by atoms with Gasteiger partial charge in [0.1, 0.15) is 12.4 Å². The van der Waals surface area contributed by atoms with Crippen LogP contribution in [0.1, 0.15) is 38.2 Å². The van der Waals surface area contributed by atoms with Gasteiger partial charge in [-0.25, -0.2) is 4.79 Å². The standard InChI is InChI=1S/C24H22BrClO3/c1-15-9-16(2)11-18(10-15)14-29-23-20(12-21(26)13-22(23)25)8-5-17-3-6-19(7-4-17)24(27)28/h3-4,6-7,9-13H,5,8,14H2,1-2H3,(H,27,28). The minimum atomic E-state index is -0.919. The van der Waals surface area contributed by atoms with E-state index in [1.807, 2.05) is 24.3 Å². The number of rotatable bonds is 7. The Balaban J connectivity index is 1.76. The Morgan fingerprint density at radius 1 is 0.966 bits per heavy atom. The lowest BCUT2D eigenvalue weighted by atomic mass is 10.0. The molecule has 29 heavy (non-hydrogen) atoms. The van der Waals surface area contributed by atoms with Crippen molar-refractivity contribution in [3.8, 4) is 5.75 Å². The van der Waals surface area contributed by atoms with E-state index in [4.69, 9.17) is 21.4 Å². The van der Waals surface area contributed by atoms with Crippen LogP contribution in [0.4, 0.5) is 0 Å². The van der Waals surface area contributed by atoms with E-state index >= 15 is 0 Å². The molecule has 0 saturated heterocycles. The lowest BCUT2D eigenvalue weighted by molar-refractivity contribution is 0.0697. The first-order valence-corrected chi connectivity index (χ1v) is 10.5. The Labute approximate surface area is 184 Å². The monoisotopic (exact) mass is 472 g/mol. The predicted molar refractivity (Wildman–Crippen MR) is 120 cm³/mol. The molecule has 0 saturated carbocycles. The van der Waals surface area contributed by atoms with Crippen LogP contribution in [0.25, 0.3) is 0 Å². The van der Waals surface area contributed by atoms with Crippen LogP contribution in [0.5, 0.6) is 5.75 Å². The molecule has 3 nitrogen and oxygen atoms in total. The first-order valence-electron chi connectivity index (χ1n) is 9.32. The molecule has 0 atom stereocenters. The molecule has 0 amide bonds. The maximum atomic E-state index is 11.0. The van der Waals surface area contributed by atoms with Crippen LogP contribution in [0.3, 0.4) is 0 Å². The summed E-state index contributed by atoms with van der Waals surface area (Å²) in [5.74, 6) is -0.131. The van der Waals surface area contributed by atoms with Gasteiger partial charge < -0.3 is 9.84 Å². The molecule has 1 N–H and O–H groups in total. The number of carboxylic acids is 1. The van der Waals surface area contributed by atoms with Crippen molar-refractivity contribution in [1.82, 2.24) is 0 Å². The number of ether oxygens (including phenoxy) is 1. The van der Waals surface area contributed by atoms with Crippen molar-refractivity contribution in [3.63, 3.8) is 0 Å². The van der Waals surface area contributed by atoms with E-state index in [1.54, 1.807) is 12.1 Å². The van der Waals surface area contributed by atoms with E-state index in [0.29, 0.717) is 11.6 Å². The quantitative estimate of drug-likeness (QED) is 0.411. The van der Waals surface area contributed by atoms with Crippen molar-refractivity contribution in [3.05, 3.63) is 97.5 Å². The molecule has 0 heterocycles. The summed E-state index contributed by atoms with van der Waals surface area (Å²) < 4.78 is 7.00. The maximum absolute atomic E-state index is 11.0. The third-order valence-electron chi connectivity index (χ3n) is 4.63. The molecule has 0 spiro atoms. The number of carboxylic acid groups (broad SMARTS) is 1. The number of benzene rings is 3. The molecule has 0 radical (unpaired) electrons. The van der Waals surface area contributed by atoms with Gasteiger partial charge in [-0.2, -0.15) is 0 Å². The van der Waals surface area contributed by atoms with Crippen LogP contribution in [-0.2, 0) is 19.4 Å². The molecule has 150 valence electrons. The van der Waals surface area contributed by atoms with Crippen molar-refractivity contribution in [1.29, 1.82) is 0 Å². The lowest BCUT2D eigenvalue weighted by Crippen LogP contribution is -2.02. The second kappa shape index (κ2) is 9.47. The van der Waals surface area contributed by atoms with Gasteiger partial charge in [0.05, 0.1) is 10.0 Å². The van der Waals surface area contributed by atoms with Gasteiger partial charge in [0, 0.05) is 5.02 Å². The molecule has 0 unspecified atom stereocenters. The Hall–Kier alpha value is -2.30. The van der Waals surface area contributed by atoms with Crippen LogP contribution in [-0.4, -0.2) is 11.1 Å². The van der Waals surface area contributed by atoms with Crippen LogP contribution >= 0.6 is 27.5 Å². The SMILES string of the molecule is Cc1cc(C)cc(COc2c(Br)cc(Cl)cc2CCc2ccc(C(=O)O)cc2)c1. The molecular formula is C24H22BrClO3. The number of aromatic carboxylic acids is 1. The normalized spacial score (nSPS) is 10.8. The Kier molecular flexibility index (Phi) is 6.99. The summed E-state index contributed by atoms with van der Waals surface area (Å²) in [4.78, 5) is 11.0. The maximum Gasteiger partial charge on any atom is 0.335 e. The molecular weight excluding hydrogens is 452 g/mol. The number of hydrogen-bond donors (Lipinski definition) is 1. The van der Waals surface area contributed by atoms with Crippen LogP contribution in [0, 0.1) is 13.8 Å². The summed E-state index contributed by atoms with van der Waals surface area (Å²) in [5.41, 5.74) is 5.91. The van der Waals surface area contributed by atoms with E-state index in [0.717, 1.165) is 39.8 Å². The Morgan fingerprint density at radius 2 is 1.62 bits per heavy atom. The predicted octanol–water partition coefficient (Wildman–Crippen LogP) is 6.78. The second-order valence-electron chi connectivity index (χ2n) is 7.16. The zero-order valence-electron chi connectivity index (χ0n) is 16.3. The molecule has 0 aliphatic rings. The van der Waals surface area contributed by atoms with E-state index in [-0.39, 0.29) is 5.56 Å². The summed E-state index contributed by atoms with van der Waals surface area (Å²) >= 11 is 9.84. The van der Waals surface area contributed by atoms with Gasteiger partial charge in [0.15, 0.2) is 0 Å². The summed E-state index contributed by atoms with van der Waals surface area (Å²) in [5, 5.41) is 9.68. The lowest BCUT2D eigenvalue weighted by Gasteiger charge is -2.15. The van der Waals surface area contributed by atoms with Crippen molar-refractivity contribution in [2.75, 3.05) is 0 Å². The molecule has 0 fully saturated rings. The summed E-state index contributed by atoms with van der Waals surface area (Å²) in [6.07, 6.45) is 1.49. The highest BCUT2D eigenvalue weighted by Gasteiger charge is 2.12. The molecule has 3 aromatic carbocycles. The van der Waals surface area contributed by atoms with Gasteiger partial charge in [0.2, 0.25) is 0 Å². The van der Waals surface area contributed by atoms with Gasteiger partial charge in [0.25, 0.3) is 0 Å². The van der Waals surface area contributed by atoms with Gasteiger partial charge in [-0.05, 0) is 83.6 Å². The van der Waals surface area contributed by atoms with Crippen molar-refractivity contribution in [2.45, 2.75) is 33.3 Å². The summed E-state index contributed by atoms with van der Waals surface area (Å²) in [6.45, 7) is 4.63. The van der Waals surface area contributed by atoms with Crippen molar-refractivity contribution < 1.29 is 14.6 Å². The van der Waals surface area contributed by atoms with E-state index in [2.05, 4.69) is 48.0 Å². The second-order valence-corrected chi connectivity index (χ2v) is 8.45. The fourth-order valence-electron chi connectivity index (χ4n) is 3.36. The largest absolute Gasteiger partial charge is 0.487 e. The van der Waals surface area contributed by atoms with Gasteiger partial charge in [-0.1, -0.05) is 53.1 Å². The molecule has 3 rings (SSSR count). The first-order chi connectivity index (χ1) is 13.8. The highest BCUT2D eigenvalue weighted by molar-refractivity contribution is 9.10. The number of carbonyl (C=O) groups is 1. The van der Waals surface area contributed by atoms with E-state index < -0.39 is 5.97 Å². The highest BCUT2D eigenvalue weighted by Crippen LogP contribution is 2.34. The molecule has 0 aliphatic heterocycles. The smallest absolute Gasteiger partial charge is 0.335 e. The third-order valence-corrected chi connectivity index (χ3v) is 5.44. The number of hydrogen-bond acceptors (Lipinski definition) is 2. The summed E-state index contributed by atoms with van der Waals surface area (Å²) in [6, 6.07) is 17.1.